The maximum atomic E-state index is 13.3. The third kappa shape index (κ3) is 13.3. The van der Waals surface area contributed by atoms with Gasteiger partial charge in [0, 0.05) is 19.6 Å². The molecule has 1 aromatic carbocycles. The molecule has 48 heavy (non-hydrogen) atoms. The van der Waals surface area contributed by atoms with Crippen LogP contribution in [0.3, 0.4) is 0 Å². The highest BCUT2D eigenvalue weighted by molar-refractivity contribution is 5.82. The summed E-state index contributed by atoms with van der Waals surface area (Å²) in [7, 11) is 3.25. The number of hydrogen-bond donors (Lipinski definition) is 0. The molecule has 4 rings (SSSR count). The summed E-state index contributed by atoms with van der Waals surface area (Å²) in [6, 6.07) is 7.74. The number of benzene rings is 1. The molecule has 0 unspecified atom stereocenters. The molecule has 7 atom stereocenters. The summed E-state index contributed by atoms with van der Waals surface area (Å²) in [5, 5.41) is 0. The zero-order valence-corrected chi connectivity index (χ0v) is 29.1. The van der Waals surface area contributed by atoms with E-state index >= 15 is 0 Å². The number of ether oxygens (including phenoxy) is 7. The Morgan fingerprint density at radius 1 is 1.02 bits per heavy atom. The van der Waals surface area contributed by atoms with E-state index in [-0.39, 0.29) is 31.2 Å². The Morgan fingerprint density at radius 2 is 1.83 bits per heavy atom. The van der Waals surface area contributed by atoms with Gasteiger partial charge in [-0.1, -0.05) is 85.4 Å². The predicted octanol–water partition coefficient (Wildman–Crippen LogP) is 7.76. The third-order valence-corrected chi connectivity index (χ3v) is 8.67. The molecule has 3 aliphatic heterocycles. The summed E-state index contributed by atoms with van der Waals surface area (Å²) < 4.78 is 41.5. The first-order valence-electron chi connectivity index (χ1n) is 17.1. The second kappa shape index (κ2) is 20.3. The smallest absolute Gasteiger partial charge is 0.330 e. The minimum absolute atomic E-state index is 0.0795. The Hall–Kier alpha value is -3.27. The molecule has 0 N–H and O–H groups in total. The second-order valence-corrected chi connectivity index (χ2v) is 13.0. The van der Waals surface area contributed by atoms with Crippen molar-refractivity contribution < 1.29 is 38.0 Å². The topological polar surface area (TPSA) is 81.7 Å². The molecule has 0 aliphatic carbocycles. The number of hydrogen-bond acceptors (Lipinski definition) is 8. The zero-order chi connectivity index (χ0) is 34.1. The fourth-order valence-corrected chi connectivity index (χ4v) is 6.18. The Morgan fingerprint density at radius 3 is 2.60 bits per heavy atom. The number of carbonyl (C=O) groups excluding carboxylic acids is 1. The van der Waals surface area contributed by atoms with Gasteiger partial charge in [0.25, 0.3) is 0 Å². The maximum Gasteiger partial charge on any atom is 0.330 e. The molecule has 0 spiro atoms. The van der Waals surface area contributed by atoms with Gasteiger partial charge in [0.2, 0.25) is 0 Å². The molecule has 0 amide bonds. The van der Waals surface area contributed by atoms with Crippen LogP contribution in [0, 0.1) is 5.92 Å². The summed E-state index contributed by atoms with van der Waals surface area (Å²) in [6.45, 7) is 9.79. The molecule has 0 radical (unpaired) electrons. The van der Waals surface area contributed by atoms with Gasteiger partial charge in [-0.3, -0.25) is 0 Å². The Labute approximate surface area is 287 Å². The molecule has 1 aromatic rings. The van der Waals surface area contributed by atoms with Gasteiger partial charge in [-0.2, -0.15) is 0 Å². The standard InChI is InChI=1S/C40H54O8/c1-29-21-22-44-36(24-29)19-20-38(45-27-32-15-17-33(43-5)18-16-32)39-13-7-11-35(46-28-42-4)25-30(2)23-31(3)26-37-12-6-9-34(47-37)10-8-14-40(41)48-39/h6-9,11,14-21,31,34-39H,2,10,12-13,22-28H2,1,3-5H3/b11-7+,14-8+,20-19+/t31-,34-,35+,36+,37-,38-,39-/m0/s1. The van der Waals surface area contributed by atoms with Crippen molar-refractivity contribution in [3.05, 3.63) is 102 Å². The van der Waals surface area contributed by atoms with Crippen LogP contribution in [0.2, 0.25) is 0 Å². The molecular formula is C40H54O8. The van der Waals surface area contributed by atoms with E-state index in [4.69, 9.17) is 33.2 Å². The monoisotopic (exact) mass is 662 g/mol. The van der Waals surface area contributed by atoms with Gasteiger partial charge in [-0.05, 0) is 69.1 Å². The fourth-order valence-electron chi connectivity index (χ4n) is 6.18. The first-order valence-corrected chi connectivity index (χ1v) is 17.1. The van der Waals surface area contributed by atoms with Crippen LogP contribution in [-0.4, -0.2) is 70.2 Å². The molecule has 0 saturated carbocycles. The number of rotatable bonds is 10. The van der Waals surface area contributed by atoms with Crippen molar-refractivity contribution in [2.45, 2.75) is 102 Å². The second-order valence-electron chi connectivity index (χ2n) is 13.0. The average molecular weight is 663 g/mol. The van der Waals surface area contributed by atoms with Crippen LogP contribution in [0.1, 0.15) is 64.4 Å². The van der Waals surface area contributed by atoms with Crippen molar-refractivity contribution in [1.82, 2.24) is 0 Å². The number of fused-ring (bicyclic) bond motifs is 2. The van der Waals surface area contributed by atoms with E-state index in [1.807, 2.05) is 54.6 Å². The number of esters is 1. The van der Waals surface area contributed by atoms with E-state index in [1.165, 1.54) is 11.6 Å². The minimum atomic E-state index is -0.617. The highest BCUT2D eigenvalue weighted by Gasteiger charge is 2.25. The van der Waals surface area contributed by atoms with Crippen molar-refractivity contribution in [3.63, 3.8) is 0 Å². The van der Waals surface area contributed by atoms with Crippen LogP contribution in [0.25, 0.3) is 0 Å². The van der Waals surface area contributed by atoms with Crippen molar-refractivity contribution in [3.8, 4) is 5.75 Å². The van der Waals surface area contributed by atoms with E-state index in [9.17, 15) is 4.79 Å². The first kappa shape index (κ1) is 37.5. The molecule has 3 heterocycles. The lowest BCUT2D eigenvalue weighted by molar-refractivity contribution is -0.149. The van der Waals surface area contributed by atoms with Gasteiger partial charge >= 0.3 is 5.97 Å². The Kier molecular flexibility index (Phi) is 15.9. The van der Waals surface area contributed by atoms with Gasteiger partial charge in [-0.25, -0.2) is 4.79 Å². The van der Waals surface area contributed by atoms with Gasteiger partial charge in [0.05, 0.1) is 44.7 Å². The van der Waals surface area contributed by atoms with Gasteiger partial charge < -0.3 is 33.2 Å². The average Bonchev–Trinajstić information content (AvgIpc) is 3.06. The molecule has 0 fully saturated rings. The quantitative estimate of drug-likeness (QED) is 0.143. The van der Waals surface area contributed by atoms with Crippen LogP contribution in [-0.2, 0) is 39.8 Å². The van der Waals surface area contributed by atoms with E-state index < -0.39 is 18.2 Å². The number of carbonyl (C=O) groups is 1. The zero-order valence-electron chi connectivity index (χ0n) is 29.1. The van der Waals surface area contributed by atoms with E-state index in [2.05, 4.69) is 38.7 Å². The van der Waals surface area contributed by atoms with Crippen LogP contribution >= 0.6 is 0 Å². The first-order chi connectivity index (χ1) is 23.3. The summed E-state index contributed by atoms with van der Waals surface area (Å²) in [4.78, 5) is 13.3. The number of cyclic esters (lactones) is 1. The van der Waals surface area contributed by atoms with Gasteiger partial charge in [-0.15, -0.1) is 0 Å². The number of methoxy groups -OCH3 is 2. The Bertz CT molecular complexity index is 1290. The normalized spacial score (nSPS) is 29.7. The van der Waals surface area contributed by atoms with Crippen molar-refractivity contribution in [1.29, 1.82) is 0 Å². The van der Waals surface area contributed by atoms with Crippen LogP contribution < -0.4 is 4.74 Å². The lowest BCUT2D eigenvalue weighted by atomic mass is 9.91. The molecular weight excluding hydrogens is 608 g/mol. The van der Waals surface area contributed by atoms with E-state index in [0.717, 1.165) is 42.6 Å². The summed E-state index contributed by atoms with van der Waals surface area (Å²) >= 11 is 0. The minimum Gasteiger partial charge on any atom is -0.497 e. The molecule has 2 bridgehead atoms. The van der Waals surface area contributed by atoms with Crippen molar-refractivity contribution in [2.75, 3.05) is 27.6 Å². The highest BCUT2D eigenvalue weighted by Crippen LogP contribution is 2.27. The Balaban J connectivity index is 1.59. The lowest BCUT2D eigenvalue weighted by Gasteiger charge is -2.28. The predicted molar refractivity (Wildman–Crippen MR) is 188 cm³/mol. The molecule has 3 aliphatic rings. The lowest BCUT2D eigenvalue weighted by Crippen LogP contribution is -2.32. The van der Waals surface area contributed by atoms with Crippen LogP contribution in [0.5, 0.6) is 5.75 Å². The van der Waals surface area contributed by atoms with Crippen LogP contribution in [0.15, 0.2) is 96.7 Å². The van der Waals surface area contributed by atoms with Gasteiger partial charge in [0.15, 0.2) is 0 Å². The molecule has 0 aromatic heterocycles. The van der Waals surface area contributed by atoms with E-state index in [0.29, 0.717) is 38.4 Å². The summed E-state index contributed by atoms with van der Waals surface area (Å²) in [5.74, 6) is 0.757. The van der Waals surface area contributed by atoms with Crippen molar-refractivity contribution >= 4 is 5.97 Å². The molecule has 8 heteroatoms. The van der Waals surface area contributed by atoms with E-state index in [1.54, 1.807) is 14.2 Å². The SMILES string of the molecule is C=C1C[C@H](C)C[C@@H]2CC=C[C@@H](C/C=C/C(=O)O[C@H]([C@H](/C=C/[C@@H]3CC(C)=CCO3)OCc3ccc(OC)cc3)C/C=C/[C@@H](OCOC)C1)O2. The van der Waals surface area contributed by atoms with Gasteiger partial charge in [0.1, 0.15) is 24.8 Å². The summed E-state index contributed by atoms with van der Waals surface area (Å²) in [5.41, 5.74) is 3.37. The molecule has 262 valence electrons. The molecule has 0 saturated heterocycles. The fraction of sp³-hybridized carbons (Fsp3) is 0.525. The third-order valence-electron chi connectivity index (χ3n) is 8.67. The molecule has 8 nitrogen and oxygen atoms in total. The van der Waals surface area contributed by atoms with Crippen molar-refractivity contribution in [2.24, 2.45) is 5.92 Å². The summed E-state index contributed by atoms with van der Waals surface area (Å²) in [6.07, 6.45) is 21.5. The highest BCUT2D eigenvalue weighted by atomic mass is 16.7. The maximum absolute atomic E-state index is 13.3. The largest absolute Gasteiger partial charge is 0.497 e. The van der Waals surface area contributed by atoms with Crippen LogP contribution in [0.4, 0.5) is 0 Å².